The molecule has 1 fully saturated rings. The molecule has 1 aliphatic rings. The van der Waals surface area contributed by atoms with Crippen molar-refractivity contribution in [3.05, 3.63) is 72.1 Å². The standard InChI is InChI=1S/C23H25N3O2S/c27-22(25-21-11-5-4-10-19(21)14-26-12-6-7-13-26)17-29-16-20-15-28-23(24-20)18-8-2-1-3-9-18/h1-5,8-11,15H,6-7,12-14,16-17H2,(H,25,27). The average Bonchev–Trinajstić information content (AvgIpc) is 3.42. The number of rotatable bonds is 8. The Bertz CT molecular complexity index is 936. The topological polar surface area (TPSA) is 58.4 Å². The molecular formula is C23H25N3O2S. The zero-order valence-corrected chi connectivity index (χ0v) is 17.2. The Morgan fingerprint density at radius 1 is 1.07 bits per heavy atom. The molecule has 1 N–H and O–H groups in total. The first-order chi connectivity index (χ1) is 14.3. The Labute approximate surface area is 175 Å². The first-order valence-corrected chi connectivity index (χ1v) is 11.1. The minimum Gasteiger partial charge on any atom is -0.444 e. The van der Waals surface area contributed by atoms with E-state index in [1.165, 1.54) is 30.2 Å². The van der Waals surface area contributed by atoms with Crippen molar-refractivity contribution in [2.45, 2.75) is 25.1 Å². The maximum Gasteiger partial charge on any atom is 0.234 e. The largest absolute Gasteiger partial charge is 0.444 e. The number of aromatic nitrogens is 1. The molecule has 0 radical (unpaired) electrons. The summed E-state index contributed by atoms with van der Waals surface area (Å²) in [5, 5.41) is 3.07. The second-order valence-corrected chi connectivity index (χ2v) is 8.18. The van der Waals surface area contributed by atoms with E-state index in [0.717, 1.165) is 36.6 Å². The van der Waals surface area contributed by atoms with Gasteiger partial charge < -0.3 is 9.73 Å². The van der Waals surface area contributed by atoms with Crippen molar-refractivity contribution >= 4 is 23.4 Å². The van der Waals surface area contributed by atoms with E-state index in [2.05, 4.69) is 21.3 Å². The van der Waals surface area contributed by atoms with Gasteiger partial charge in [-0.1, -0.05) is 36.4 Å². The first-order valence-electron chi connectivity index (χ1n) is 9.95. The third-order valence-electron chi connectivity index (χ3n) is 4.94. The van der Waals surface area contributed by atoms with Crippen molar-refractivity contribution in [3.63, 3.8) is 0 Å². The summed E-state index contributed by atoms with van der Waals surface area (Å²) >= 11 is 1.54. The van der Waals surface area contributed by atoms with Gasteiger partial charge in [0, 0.05) is 23.5 Å². The van der Waals surface area contributed by atoms with Crippen LogP contribution in [0.1, 0.15) is 24.1 Å². The SMILES string of the molecule is O=C(CSCc1coc(-c2ccccc2)n1)Nc1ccccc1CN1CCCC1. The zero-order chi connectivity index (χ0) is 19.9. The summed E-state index contributed by atoms with van der Waals surface area (Å²) < 4.78 is 5.55. The molecule has 0 unspecified atom stereocenters. The summed E-state index contributed by atoms with van der Waals surface area (Å²) in [5.74, 6) is 1.64. The quantitative estimate of drug-likeness (QED) is 0.581. The fourth-order valence-corrected chi connectivity index (χ4v) is 4.18. The number of nitrogens with one attached hydrogen (secondary N) is 1. The Morgan fingerprint density at radius 3 is 2.66 bits per heavy atom. The number of nitrogens with zero attached hydrogens (tertiary/aromatic N) is 2. The van der Waals surface area contributed by atoms with E-state index in [1.54, 1.807) is 6.26 Å². The van der Waals surface area contributed by atoms with Crippen LogP contribution in [0.3, 0.4) is 0 Å². The number of hydrogen-bond donors (Lipinski definition) is 1. The Balaban J connectivity index is 1.27. The molecule has 1 aromatic heterocycles. The van der Waals surface area contributed by atoms with E-state index in [4.69, 9.17) is 4.42 Å². The molecule has 6 heteroatoms. The monoisotopic (exact) mass is 407 g/mol. The number of para-hydroxylation sites is 1. The van der Waals surface area contributed by atoms with Crippen LogP contribution in [0.5, 0.6) is 0 Å². The number of thioether (sulfide) groups is 1. The maximum absolute atomic E-state index is 12.4. The molecule has 0 bridgehead atoms. The van der Waals surface area contributed by atoms with Crippen molar-refractivity contribution in [2.75, 3.05) is 24.2 Å². The third kappa shape index (κ3) is 5.49. The van der Waals surface area contributed by atoms with Crippen molar-refractivity contribution in [1.82, 2.24) is 9.88 Å². The summed E-state index contributed by atoms with van der Waals surface area (Å²) in [7, 11) is 0. The first kappa shape index (κ1) is 19.7. The number of likely N-dealkylation sites (tertiary alicyclic amines) is 1. The van der Waals surface area contributed by atoms with Gasteiger partial charge in [-0.25, -0.2) is 4.98 Å². The summed E-state index contributed by atoms with van der Waals surface area (Å²) in [6.45, 7) is 3.17. The van der Waals surface area contributed by atoms with Gasteiger partial charge in [0.2, 0.25) is 11.8 Å². The molecule has 2 heterocycles. The highest BCUT2D eigenvalue weighted by atomic mass is 32.2. The lowest BCUT2D eigenvalue weighted by molar-refractivity contribution is -0.113. The van der Waals surface area contributed by atoms with Crippen LogP contribution in [0, 0.1) is 0 Å². The number of carbonyl (C=O) groups is 1. The van der Waals surface area contributed by atoms with Crippen molar-refractivity contribution in [2.24, 2.45) is 0 Å². The molecule has 0 atom stereocenters. The van der Waals surface area contributed by atoms with E-state index >= 15 is 0 Å². The van der Waals surface area contributed by atoms with Crippen LogP contribution in [0.2, 0.25) is 0 Å². The zero-order valence-electron chi connectivity index (χ0n) is 16.3. The lowest BCUT2D eigenvalue weighted by Crippen LogP contribution is -2.21. The maximum atomic E-state index is 12.4. The van der Waals surface area contributed by atoms with Crippen LogP contribution in [0.15, 0.2) is 65.3 Å². The van der Waals surface area contributed by atoms with Crippen LogP contribution < -0.4 is 5.32 Å². The third-order valence-corrected chi connectivity index (χ3v) is 5.91. The van der Waals surface area contributed by atoms with Gasteiger partial charge in [-0.05, 0) is 49.7 Å². The van der Waals surface area contributed by atoms with E-state index in [0.29, 0.717) is 17.4 Å². The molecule has 29 heavy (non-hydrogen) atoms. The van der Waals surface area contributed by atoms with Gasteiger partial charge in [-0.15, -0.1) is 11.8 Å². The van der Waals surface area contributed by atoms with Crippen LogP contribution in [0.25, 0.3) is 11.5 Å². The average molecular weight is 408 g/mol. The second-order valence-electron chi connectivity index (χ2n) is 7.19. The fraction of sp³-hybridized carbons (Fsp3) is 0.304. The Kier molecular flexibility index (Phi) is 6.64. The number of carbonyl (C=O) groups excluding carboxylic acids is 1. The lowest BCUT2D eigenvalue weighted by atomic mass is 10.1. The predicted molar refractivity (Wildman–Crippen MR) is 118 cm³/mol. The summed E-state index contributed by atoms with van der Waals surface area (Å²) in [6.07, 6.45) is 4.19. The molecule has 2 aromatic carbocycles. The van der Waals surface area contributed by atoms with Gasteiger partial charge in [0.05, 0.1) is 11.4 Å². The normalized spacial score (nSPS) is 14.2. The van der Waals surface area contributed by atoms with E-state index in [9.17, 15) is 4.79 Å². The van der Waals surface area contributed by atoms with E-state index < -0.39 is 0 Å². The number of amides is 1. The molecule has 0 spiro atoms. The molecule has 150 valence electrons. The van der Waals surface area contributed by atoms with E-state index in [-0.39, 0.29) is 5.91 Å². The van der Waals surface area contributed by atoms with Crippen LogP contribution in [-0.4, -0.2) is 34.6 Å². The molecule has 0 saturated carbocycles. The molecule has 1 aliphatic heterocycles. The van der Waals surface area contributed by atoms with Gasteiger partial charge in [0.1, 0.15) is 6.26 Å². The molecule has 3 aromatic rings. The number of oxazole rings is 1. The molecule has 4 rings (SSSR count). The molecular weight excluding hydrogens is 382 g/mol. The van der Waals surface area contributed by atoms with Gasteiger partial charge in [0.25, 0.3) is 0 Å². The minimum absolute atomic E-state index is 0.00986. The summed E-state index contributed by atoms with van der Waals surface area (Å²) in [5.41, 5.74) is 3.89. The van der Waals surface area contributed by atoms with Gasteiger partial charge in [-0.2, -0.15) is 0 Å². The van der Waals surface area contributed by atoms with E-state index in [1.807, 2.05) is 48.5 Å². The highest BCUT2D eigenvalue weighted by Crippen LogP contribution is 2.22. The van der Waals surface area contributed by atoms with Crippen LogP contribution in [-0.2, 0) is 17.1 Å². The predicted octanol–water partition coefficient (Wildman–Crippen LogP) is 4.81. The Morgan fingerprint density at radius 2 is 1.83 bits per heavy atom. The lowest BCUT2D eigenvalue weighted by Gasteiger charge is -2.17. The minimum atomic E-state index is 0.00986. The van der Waals surface area contributed by atoms with Gasteiger partial charge in [0.15, 0.2) is 0 Å². The highest BCUT2D eigenvalue weighted by molar-refractivity contribution is 7.99. The van der Waals surface area contributed by atoms with Crippen molar-refractivity contribution in [1.29, 1.82) is 0 Å². The summed E-state index contributed by atoms with van der Waals surface area (Å²) in [4.78, 5) is 19.4. The molecule has 1 saturated heterocycles. The molecule has 0 aliphatic carbocycles. The number of hydrogen-bond acceptors (Lipinski definition) is 5. The van der Waals surface area contributed by atoms with Gasteiger partial charge >= 0.3 is 0 Å². The second kappa shape index (κ2) is 9.76. The van der Waals surface area contributed by atoms with Gasteiger partial charge in [-0.3, -0.25) is 9.69 Å². The number of anilines is 1. The highest BCUT2D eigenvalue weighted by Gasteiger charge is 2.14. The van der Waals surface area contributed by atoms with Crippen molar-refractivity contribution in [3.8, 4) is 11.5 Å². The van der Waals surface area contributed by atoms with Crippen LogP contribution >= 0.6 is 11.8 Å². The molecule has 1 amide bonds. The molecule has 5 nitrogen and oxygen atoms in total. The Hall–Kier alpha value is -2.57. The summed E-state index contributed by atoms with van der Waals surface area (Å²) in [6, 6.07) is 17.9. The fourth-order valence-electron chi connectivity index (χ4n) is 3.48. The number of benzene rings is 2. The van der Waals surface area contributed by atoms with Crippen LogP contribution in [0.4, 0.5) is 5.69 Å². The van der Waals surface area contributed by atoms with Crippen molar-refractivity contribution < 1.29 is 9.21 Å². The smallest absolute Gasteiger partial charge is 0.234 e.